The zero-order valence-electron chi connectivity index (χ0n) is 11.5. The van der Waals surface area contributed by atoms with E-state index >= 15 is 0 Å². The second-order valence-corrected chi connectivity index (χ2v) is 8.06. The van der Waals surface area contributed by atoms with Crippen LogP contribution < -0.4 is 5.32 Å². The lowest BCUT2D eigenvalue weighted by atomic mass is 10.2. The topological polar surface area (TPSA) is 63.8 Å². The quantitative estimate of drug-likeness (QED) is 0.925. The van der Waals surface area contributed by atoms with E-state index in [1.165, 1.54) is 17.3 Å². The molecule has 2 unspecified atom stereocenters. The number of thioether (sulfide) groups is 2. The molecule has 1 saturated heterocycles. The van der Waals surface area contributed by atoms with Crippen LogP contribution in [0.1, 0.15) is 23.7 Å². The highest BCUT2D eigenvalue weighted by Crippen LogP contribution is 2.42. The van der Waals surface area contributed by atoms with Gasteiger partial charge in [-0.3, -0.25) is 0 Å². The van der Waals surface area contributed by atoms with Gasteiger partial charge < -0.3 is 9.84 Å². The molecule has 0 amide bonds. The van der Waals surface area contributed by atoms with Crippen molar-refractivity contribution in [2.45, 2.75) is 24.3 Å². The maximum absolute atomic E-state index is 5.48. The van der Waals surface area contributed by atoms with Gasteiger partial charge in [-0.1, -0.05) is 12.1 Å². The smallest absolute Gasteiger partial charge is 0.262 e. The molecule has 0 bridgehead atoms. The fourth-order valence-electron chi connectivity index (χ4n) is 2.16. The lowest BCUT2D eigenvalue weighted by Gasteiger charge is -2.24. The standard InChI is InChI=1S/C12H16N4OS3/c1-6-8(12(13-3)20-16-6)11-14-10(15-17-11)9-7(2)18-4-5-19-9/h7,9,13H,4-5H2,1-3H3. The summed E-state index contributed by atoms with van der Waals surface area (Å²) < 4.78 is 9.82. The third-order valence-corrected chi connectivity index (χ3v) is 7.23. The molecular formula is C12H16N4OS3. The summed E-state index contributed by atoms with van der Waals surface area (Å²) >= 11 is 5.31. The summed E-state index contributed by atoms with van der Waals surface area (Å²) in [7, 11) is 1.88. The Bertz CT molecular complexity index is 597. The molecule has 2 aromatic heterocycles. The van der Waals surface area contributed by atoms with Crippen LogP contribution in [0.4, 0.5) is 5.00 Å². The molecule has 3 heterocycles. The molecule has 2 aromatic rings. The second kappa shape index (κ2) is 5.95. The van der Waals surface area contributed by atoms with E-state index in [-0.39, 0.29) is 0 Å². The highest BCUT2D eigenvalue weighted by Gasteiger charge is 2.29. The maximum atomic E-state index is 5.48. The van der Waals surface area contributed by atoms with Gasteiger partial charge in [0.05, 0.1) is 16.5 Å². The van der Waals surface area contributed by atoms with Crippen molar-refractivity contribution in [2.75, 3.05) is 23.9 Å². The Labute approximate surface area is 130 Å². The van der Waals surface area contributed by atoms with Crippen molar-refractivity contribution in [1.29, 1.82) is 0 Å². The van der Waals surface area contributed by atoms with Crippen molar-refractivity contribution >= 4 is 40.1 Å². The first-order valence-corrected chi connectivity index (χ1v) is 9.29. The molecule has 1 fully saturated rings. The Kier molecular flexibility index (Phi) is 4.23. The molecule has 1 N–H and O–H groups in total. The number of anilines is 1. The van der Waals surface area contributed by atoms with Crippen molar-refractivity contribution in [3.8, 4) is 11.5 Å². The first kappa shape index (κ1) is 14.2. The summed E-state index contributed by atoms with van der Waals surface area (Å²) in [5.74, 6) is 3.71. The highest BCUT2D eigenvalue weighted by molar-refractivity contribution is 8.06. The molecule has 3 rings (SSSR count). The highest BCUT2D eigenvalue weighted by atomic mass is 32.2. The zero-order valence-corrected chi connectivity index (χ0v) is 14.0. The van der Waals surface area contributed by atoms with E-state index in [1.807, 2.05) is 37.5 Å². The molecule has 0 radical (unpaired) electrons. The number of nitrogens with zero attached hydrogens (tertiary/aromatic N) is 3. The number of aryl methyl sites for hydroxylation is 1. The van der Waals surface area contributed by atoms with E-state index in [4.69, 9.17) is 4.52 Å². The molecule has 1 aliphatic heterocycles. The average Bonchev–Trinajstić information content (AvgIpc) is 3.05. The number of rotatable bonds is 3. The number of hydrogen-bond acceptors (Lipinski definition) is 8. The van der Waals surface area contributed by atoms with E-state index in [0.29, 0.717) is 16.4 Å². The van der Waals surface area contributed by atoms with E-state index in [9.17, 15) is 0 Å². The summed E-state index contributed by atoms with van der Waals surface area (Å²) in [6, 6.07) is 0. The van der Waals surface area contributed by atoms with Crippen LogP contribution in [-0.4, -0.2) is 38.3 Å². The average molecular weight is 328 g/mol. The molecule has 108 valence electrons. The molecular weight excluding hydrogens is 312 g/mol. The molecule has 0 spiro atoms. The van der Waals surface area contributed by atoms with E-state index in [1.54, 1.807) is 0 Å². The third-order valence-electron chi connectivity index (χ3n) is 3.19. The van der Waals surface area contributed by atoms with Crippen LogP contribution in [0.25, 0.3) is 11.5 Å². The summed E-state index contributed by atoms with van der Waals surface area (Å²) in [6.45, 7) is 4.19. The Morgan fingerprint density at radius 1 is 1.30 bits per heavy atom. The molecule has 5 nitrogen and oxygen atoms in total. The van der Waals surface area contributed by atoms with Gasteiger partial charge in [-0.15, -0.1) is 11.8 Å². The summed E-state index contributed by atoms with van der Waals surface area (Å²) in [4.78, 5) is 4.61. The van der Waals surface area contributed by atoms with Crippen molar-refractivity contribution in [3.63, 3.8) is 0 Å². The van der Waals surface area contributed by atoms with Crippen LogP contribution in [0.15, 0.2) is 4.52 Å². The van der Waals surface area contributed by atoms with Crippen LogP contribution in [-0.2, 0) is 0 Å². The molecule has 8 heteroatoms. The van der Waals surface area contributed by atoms with E-state index < -0.39 is 0 Å². The molecule has 1 aliphatic rings. The number of hydrogen-bond donors (Lipinski definition) is 1. The van der Waals surface area contributed by atoms with Crippen LogP contribution in [0.3, 0.4) is 0 Å². The van der Waals surface area contributed by atoms with Gasteiger partial charge >= 0.3 is 0 Å². The first-order valence-electron chi connectivity index (χ1n) is 6.42. The first-order chi connectivity index (χ1) is 9.70. The minimum Gasteiger partial charge on any atom is -0.378 e. The molecule has 20 heavy (non-hydrogen) atoms. The molecule has 0 aromatic carbocycles. The van der Waals surface area contributed by atoms with Gasteiger partial charge in [0.2, 0.25) is 0 Å². The second-order valence-electron chi connectivity index (χ2n) is 4.55. The molecule has 2 atom stereocenters. The summed E-state index contributed by atoms with van der Waals surface area (Å²) in [5, 5.41) is 9.13. The Hall–Kier alpha value is -0.730. The van der Waals surface area contributed by atoms with E-state index in [0.717, 1.165) is 27.8 Å². The maximum Gasteiger partial charge on any atom is 0.262 e. The molecule has 0 saturated carbocycles. The fourth-order valence-corrected chi connectivity index (χ4v) is 5.58. The van der Waals surface area contributed by atoms with Gasteiger partial charge in [0.25, 0.3) is 5.89 Å². The van der Waals surface area contributed by atoms with Crippen LogP contribution in [0.2, 0.25) is 0 Å². The lowest BCUT2D eigenvalue weighted by Crippen LogP contribution is -2.16. The summed E-state index contributed by atoms with van der Waals surface area (Å²) in [6.07, 6.45) is 0. The molecule has 0 aliphatic carbocycles. The Morgan fingerprint density at radius 3 is 2.85 bits per heavy atom. The third kappa shape index (κ3) is 2.56. The predicted octanol–water partition coefficient (Wildman–Crippen LogP) is 3.45. The van der Waals surface area contributed by atoms with Crippen LogP contribution in [0.5, 0.6) is 0 Å². The number of aromatic nitrogens is 3. The predicted molar refractivity (Wildman–Crippen MR) is 86.8 cm³/mol. The fraction of sp³-hybridized carbons (Fsp3) is 0.583. The monoisotopic (exact) mass is 328 g/mol. The van der Waals surface area contributed by atoms with Gasteiger partial charge in [-0.2, -0.15) is 21.1 Å². The minimum absolute atomic E-state index is 0.316. The van der Waals surface area contributed by atoms with Crippen molar-refractivity contribution in [1.82, 2.24) is 14.5 Å². The normalized spacial score (nSPS) is 22.9. The van der Waals surface area contributed by atoms with Crippen LogP contribution >= 0.6 is 35.1 Å². The van der Waals surface area contributed by atoms with E-state index in [2.05, 4.69) is 26.8 Å². The van der Waals surface area contributed by atoms with Crippen molar-refractivity contribution < 1.29 is 4.52 Å². The van der Waals surface area contributed by atoms with Crippen LogP contribution in [0, 0.1) is 6.92 Å². The Balaban J connectivity index is 1.91. The van der Waals surface area contributed by atoms with Gasteiger partial charge in [0.1, 0.15) is 5.00 Å². The largest absolute Gasteiger partial charge is 0.378 e. The zero-order chi connectivity index (χ0) is 14.1. The minimum atomic E-state index is 0.316. The van der Waals surface area contributed by atoms with Gasteiger partial charge in [0, 0.05) is 23.8 Å². The number of nitrogens with one attached hydrogen (secondary N) is 1. The summed E-state index contributed by atoms with van der Waals surface area (Å²) in [5.41, 5.74) is 1.85. The van der Waals surface area contributed by atoms with Gasteiger partial charge in [0.15, 0.2) is 5.82 Å². The van der Waals surface area contributed by atoms with Crippen molar-refractivity contribution in [2.24, 2.45) is 0 Å². The Morgan fingerprint density at radius 2 is 2.10 bits per heavy atom. The van der Waals surface area contributed by atoms with Gasteiger partial charge in [-0.25, -0.2) is 0 Å². The SMILES string of the molecule is CNc1snc(C)c1-c1nc(C2SCCSC2C)no1. The van der Waals surface area contributed by atoms with Gasteiger partial charge in [-0.05, 0) is 18.5 Å². The van der Waals surface area contributed by atoms with Crippen molar-refractivity contribution in [3.05, 3.63) is 11.5 Å². The lowest BCUT2D eigenvalue weighted by molar-refractivity contribution is 0.421.